The third kappa shape index (κ3) is 5.68. The molecule has 0 aliphatic heterocycles. The first-order chi connectivity index (χ1) is 11.0. The molecule has 0 aliphatic carbocycles. The van der Waals surface area contributed by atoms with Crippen molar-refractivity contribution in [1.29, 1.82) is 0 Å². The van der Waals surface area contributed by atoms with Gasteiger partial charge in [0.15, 0.2) is 0 Å². The molecule has 1 N–H and O–H groups in total. The molecule has 1 aromatic rings. The summed E-state index contributed by atoms with van der Waals surface area (Å²) in [5.74, 6) is -0.273. The summed E-state index contributed by atoms with van der Waals surface area (Å²) >= 11 is 0. The van der Waals surface area contributed by atoms with Gasteiger partial charge in [-0.2, -0.15) is 0 Å². The number of carbonyl (C=O) groups is 2. The summed E-state index contributed by atoms with van der Waals surface area (Å²) in [6.07, 6.45) is 3.95. The van der Waals surface area contributed by atoms with Crippen molar-refractivity contribution in [3.8, 4) is 0 Å². The lowest BCUT2D eigenvalue weighted by molar-refractivity contribution is -0.117. The van der Waals surface area contributed by atoms with Crippen molar-refractivity contribution >= 4 is 12.2 Å². The van der Waals surface area contributed by atoms with E-state index in [4.69, 9.17) is 4.74 Å². The molecule has 0 aromatic heterocycles. The summed E-state index contributed by atoms with van der Waals surface area (Å²) in [5, 5.41) is 2.52. The number of ether oxygens (including phenoxy) is 1. The Kier molecular flexibility index (Phi) is 7.71. The van der Waals surface area contributed by atoms with Gasteiger partial charge < -0.3 is 10.1 Å². The molecule has 1 amide bonds. The minimum Gasteiger partial charge on any atom is -0.384 e. The zero-order valence-corrected chi connectivity index (χ0v) is 13.8. The van der Waals surface area contributed by atoms with Crippen LogP contribution in [0.5, 0.6) is 0 Å². The number of methoxy groups -OCH3 is 1. The highest BCUT2D eigenvalue weighted by atomic mass is 16.5. The topological polar surface area (TPSA) is 55.4 Å². The van der Waals surface area contributed by atoms with E-state index in [0.717, 1.165) is 11.1 Å². The fourth-order valence-corrected chi connectivity index (χ4v) is 2.21. The molecule has 0 aliphatic rings. The van der Waals surface area contributed by atoms with E-state index in [9.17, 15) is 9.59 Å². The molecule has 0 saturated heterocycles. The van der Waals surface area contributed by atoms with Crippen molar-refractivity contribution in [2.45, 2.75) is 12.8 Å². The van der Waals surface area contributed by atoms with Crippen LogP contribution in [-0.4, -0.2) is 33.0 Å². The SMILES string of the molecule is C=C(/C=C(C=O)\C=C(/C)C(=O)NC)C(COC)c1ccccc1. The highest BCUT2D eigenvalue weighted by Gasteiger charge is 2.14. The monoisotopic (exact) mass is 313 g/mol. The van der Waals surface area contributed by atoms with Gasteiger partial charge in [-0.05, 0) is 30.2 Å². The maximum atomic E-state index is 11.5. The molecular weight excluding hydrogens is 290 g/mol. The predicted molar refractivity (Wildman–Crippen MR) is 92.2 cm³/mol. The number of hydrogen-bond acceptors (Lipinski definition) is 3. The van der Waals surface area contributed by atoms with Gasteiger partial charge in [0.25, 0.3) is 0 Å². The molecule has 0 radical (unpaired) electrons. The van der Waals surface area contributed by atoms with E-state index >= 15 is 0 Å². The number of carbonyl (C=O) groups excluding carboxylic acids is 2. The lowest BCUT2D eigenvalue weighted by Crippen LogP contribution is -2.18. The Morgan fingerprint density at radius 1 is 1.30 bits per heavy atom. The molecule has 0 saturated carbocycles. The third-order valence-corrected chi connectivity index (χ3v) is 3.44. The first-order valence-electron chi connectivity index (χ1n) is 7.33. The first kappa shape index (κ1) is 18.6. The summed E-state index contributed by atoms with van der Waals surface area (Å²) in [5.41, 5.74) is 2.67. The van der Waals surface area contributed by atoms with Crippen LogP contribution in [0.4, 0.5) is 0 Å². The van der Waals surface area contributed by atoms with Crippen LogP contribution in [0.3, 0.4) is 0 Å². The molecule has 0 fully saturated rings. The van der Waals surface area contributed by atoms with Crippen LogP contribution in [0.2, 0.25) is 0 Å². The number of benzene rings is 1. The Morgan fingerprint density at radius 2 is 1.96 bits per heavy atom. The Morgan fingerprint density at radius 3 is 2.48 bits per heavy atom. The Labute approximate surface area is 137 Å². The van der Waals surface area contributed by atoms with E-state index in [0.29, 0.717) is 24.0 Å². The van der Waals surface area contributed by atoms with Gasteiger partial charge in [0, 0.05) is 31.2 Å². The minimum absolute atomic E-state index is 0.0511. The fourth-order valence-electron chi connectivity index (χ4n) is 2.21. The standard InChI is InChI=1S/C19H23NO3/c1-14(10-16(12-21)11-15(2)19(22)20-3)18(13-23-4)17-8-6-5-7-9-17/h5-12,18H,1,13H2,2-4H3,(H,20,22)/b15-11+,16-10+. The fraction of sp³-hybridized carbons (Fsp3) is 0.263. The molecule has 1 atom stereocenters. The molecule has 1 unspecified atom stereocenters. The Bertz CT molecular complexity index is 615. The van der Waals surface area contributed by atoms with Gasteiger partial charge in [-0.3, -0.25) is 9.59 Å². The zero-order chi connectivity index (χ0) is 17.2. The van der Waals surface area contributed by atoms with Crippen LogP contribution in [0.25, 0.3) is 0 Å². The second kappa shape index (κ2) is 9.54. The number of hydrogen-bond donors (Lipinski definition) is 1. The molecule has 1 rings (SSSR count). The van der Waals surface area contributed by atoms with Gasteiger partial charge in [-0.15, -0.1) is 0 Å². The van der Waals surface area contributed by atoms with Gasteiger partial charge >= 0.3 is 0 Å². The summed E-state index contributed by atoms with van der Waals surface area (Å²) in [7, 11) is 3.18. The molecule has 0 heterocycles. The first-order valence-corrected chi connectivity index (χ1v) is 7.33. The number of likely N-dealkylation sites (N-methyl/N-ethyl adjacent to an activating group) is 1. The Hall–Kier alpha value is -2.46. The largest absolute Gasteiger partial charge is 0.384 e. The average molecular weight is 313 g/mol. The summed E-state index contributed by atoms with van der Waals surface area (Å²) in [4.78, 5) is 22.8. The maximum absolute atomic E-state index is 11.5. The lowest BCUT2D eigenvalue weighted by Gasteiger charge is -2.17. The van der Waals surface area contributed by atoms with Crippen LogP contribution in [0, 0.1) is 0 Å². The molecule has 122 valence electrons. The Balaban J connectivity index is 3.07. The average Bonchev–Trinajstić information content (AvgIpc) is 2.58. The molecule has 0 spiro atoms. The van der Waals surface area contributed by atoms with Crippen molar-refractivity contribution in [2.24, 2.45) is 0 Å². The quantitative estimate of drug-likeness (QED) is 0.456. The van der Waals surface area contributed by atoms with Crippen LogP contribution in [0.1, 0.15) is 18.4 Å². The van der Waals surface area contributed by atoms with E-state index in [1.165, 1.54) is 0 Å². The van der Waals surface area contributed by atoms with Crippen molar-refractivity contribution in [3.63, 3.8) is 0 Å². The molecule has 23 heavy (non-hydrogen) atoms. The molecule has 4 heteroatoms. The second-order valence-electron chi connectivity index (χ2n) is 5.16. The van der Waals surface area contributed by atoms with E-state index < -0.39 is 0 Å². The van der Waals surface area contributed by atoms with Crippen molar-refractivity contribution < 1.29 is 14.3 Å². The van der Waals surface area contributed by atoms with Crippen LogP contribution >= 0.6 is 0 Å². The number of aldehydes is 1. The summed E-state index contributed by atoms with van der Waals surface area (Å²) < 4.78 is 5.27. The van der Waals surface area contributed by atoms with Gasteiger partial charge in [-0.1, -0.05) is 36.9 Å². The van der Waals surface area contributed by atoms with Crippen LogP contribution in [0.15, 0.2) is 65.8 Å². The van der Waals surface area contributed by atoms with Gasteiger partial charge in [-0.25, -0.2) is 0 Å². The van der Waals surface area contributed by atoms with Crippen LogP contribution < -0.4 is 5.32 Å². The smallest absolute Gasteiger partial charge is 0.246 e. The van der Waals surface area contributed by atoms with Crippen molar-refractivity contribution in [3.05, 3.63) is 71.3 Å². The third-order valence-electron chi connectivity index (χ3n) is 3.44. The van der Waals surface area contributed by atoms with Gasteiger partial charge in [0.05, 0.1) is 6.61 Å². The van der Waals surface area contributed by atoms with Gasteiger partial charge in [0.2, 0.25) is 5.91 Å². The lowest BCUT2D eigenvalue weighted by atomic mass is 9.91. The zero-order valence-electron chi connectivity index (χ0n) is 13.8. The van der Waals surface area contributed by atoms with Crippen molar-refractivity contribution in [1.82, 2.24) is 5.32 Å². The van der Waals surface area contributed by atoms with Gasteiger partial charge in [0.1, 0.15) is 6.29 Å². The molecular formula is C19H23NO3. The van der Waals surface area contributed by atoms with Crippen molar-refractivity contribution in [2.75, 3.05) is 20.8 Å². The number of amides is 1. The number of allylic oxidation sites excluding steroid dienone is 3. The van der Waals surface area contributed by atoms with Crippen LogP contribution in [-0.2, 0) is 14.3 Å². The summed E-state index contributed by atoms with van der Waals surface area (Å²) in [6, 6.07) is 9.83. The van der Waals surface area contributed by atoms with E-state index in [1.54, 1.807) is 33.2 Å². The highest BCUT2D eigenvalue weighted by molar-refractivity contribution is 5.95. The molecule has 4 nitrogen and oxygen atoms in total. The molecule has 1 aromatic carbocycles. The number of nitrogens with one attached hydrogen (secondary N) is 1. The molecule has 0 bridgehead atoms. The normalized spacial score (nSPS) is 13.3. The highest BCUT2D eigenvalue weighted by Crippen LogP contribution is 2.25. The minimum atomic E-state index is -0.222. The summed E-state index contributed by atoms with van der Waals surface area (Å²) in [6.45, 7) is 6.18. The number of rotatable bonds is 8. The second-order valence-corrected chi connectivity index (χ2v) is 5.16. The predicted octanol–water partition coefficient (Wildman–Crippen LogP) is 2.79. The van der Waals surface area contributed by atoms with E-state index in [-0.39, 0.29) is 11.8 Å². The van der Waals surface area contributed by atoms with E-state index in [1.807, 2.05) is 30.3 Å². The van der Waals surface area contributed by atoms with E-state index in [2.05, 4.69) is 11.9 Å². The maximum Gasteiger partial charge on any atom is 0.246 e.